The standard InChI is InChI=1S/C16H13BrN4O/c1-21-14-9-5-4-8-13(14)19-15(21)10-18-20-16(22)11-6-2-3-7-12(11)17/h2-10H,1H3,(H,20,22)/b18-10-. The molecule has 0 aliphatic carbocycles. The van der Waals surface area contributed by atoms with E-state index in [0.29, 0.717) is 11.4 Å². The zero-order chi connectivity index (χ0) is 15.5. The number of carbonyl (C=O) groups is 1. The van der Waals surface area contributed by atoms with Crippen LogP contribution in [0.1, 0.15) is 16.2 Å². The molecule has 1 heterocycles. The number of imidazole rings is 1. The number of rotatable bonds is 3. The van der Waals surface area contributed by atoms with Crippen LogP contribution in [0.15, 0.2) is 58.1 Å². The van der Waals surface area contributed by atoms with Gasteiger partial charge in [0.15, 0.2) is 5.82 Å². The first-order chi connectivity index (χ1) is 10.7. The zero-order valence-electron chi connectivity index (χ0n) is 11.8. The number of nitrogens with zero attached hydrogens (tertiary/aromatic N) is 3. The number of fused-ring (bicyclic) bond motifs is 1. The molecule has 0 fully saturated rings. The molecule has 0 atom stereocenters. The molecule has 0 aliphatic heterocycles. The number of aryl methyl sites for hydroxylation is 1. The Labute approximate surface area is 135 Å². The third-order valence-corrected chi connectivity index (χ3v) is 3.98. The minimum Gasteiger partial charge on any atom is -0.326 e. The first-order valence-corrected chi connectivity index (χ1v) is 7.45. The van der Waals surface area contributed by atoms with Crippen molar-refractivity contribution in [1.82, 2.24) is 15.0 Å². The lowest BCUT2D eigenvalue weighted by atomic mass is 10.2. The average Bonchev–Trinajstić information content (AvgIpc) is 2.84. The molecule has 0 spiro atoms. The highest BCUT2D eigenvalue weighted by Crippen LogP contribution is 2.15. The highest BCUT2D eigenvalue weighted by molar-refractivity contribution is 9.10. The summed E-state index contributed by atoms with van der Waals surface area (Å²) in [6.45, 7) is 0. The van der Waals surface area contributed by atoms with E-state index in [4.69, 9.17) is 0 Å². The molecule has 1 amide bonds. The van der Waals surface area contributed by atoms with Gasteiger partial charge in [-0.05, 0) is 40.2 Å². The third-order valence-electron chi connectivity index (χ3n) is 3.29. The number of halogens is 1. The molecule has 0 aliphatic rings. The number of nitrogens with one attached hydrogen (secondary N) is 1. The second-order valence-electron chi connectivity index (χ2n) is 4.70. The number of benzene rings is 2. The van der Waals surface area contributed by atoms with E-state index in [1.807, 2.05) is 48.0 Å². The van der Waals surface area contributed by atoms with E-state index in [9.17, 15) is 4.79 Å². The van der Waals surface area contributed by atoms with Crippen molar-refractivity contribution in [1.29, 1.82) is 0 Å². The molecule has 6 heteroatoms. The molecular formula is C16H13BrN4O. The molecule has 0 radical (unpaired) electrons. The van der Waals surface area contributed by atoms with Gasteiger partial charge in [-0.15, -0.1) is 0 Å². The van der Waals surface area contributed by atoms with Crippen LogP contribution in [0.2, 0.25) is 0 Å². The summed E-state index contributed by atoms with van der Waals surface area (Å²) in [6.07, 6.45) is 1.54. The van der Waals surface area contributed by atoms with Crippen LogP contribution in [0.25, 0.3) is 11.0 Å². The van der Waals surface area contributed by atoms with Crippen molar-refractivity contribution in [3.8, 4) is 0 Å². The number of aromatic nitrogens is 2. The second-order valence-corrected chi connectivity index (χ2v) is 5.55. The van der Waals surface area contributed by atoms with Crippen LogP contribution in [0.4, 0.5) is 0 Å². The van der Waals surface area contributed by atoms with E-state index < -0.39 is 0 Å². The van der Waals surface area contributed by atoms with E-state index in [1.54, 1.807) is 12.1 Å². The van der Waals surface area contributed by atoms with Crippen LogP contribution < -0.4 is 5.43 Å². The lowest BCUT2D eigenvalue weighted by Crippen LogP contribution is -2.18. The summed E-state index contributed by atoms with van der Waals surface area (Å²) in [5.74, 6) is 0.399. The molecular weight excluding hydrogens is 344 g/mol. The van der Waals surface area contributed by atoms with E-state index >= 15 is 0 Å². The number of amides is 1. The van der Waals surface area contributed by atoms with Gasteiger partial charge in [-0.25, -0.2) is 10.4 Å². The Kier molecular flexibility index (Phi) is 4.02. The first kappa shape index (κ1) is 14.5. The summed E-state index contributed by atoms with van der Waals surface area (Å²) in [7, 11) is 1.91. The molecule has 5 nitrogen and oxygen atoms in total. The maximum absolute atomic E-state index is 12.0. The monoisotopic (exact) mass is 356 g/mol. The highest BCUT2D eigenvalue weighted by Gasteiger charge is 2.08. The Bertz CT molecular complexity index is 869. The number of hydrazone groups is 1. The molecule has 1 N–H and O–H groups in total. The summed E-state index contributed by atoms with van der Waals surface area (Å²) < 4.78 is 2.65. The summed E-state index contributed by atoms with van der Waals surface area (Å²) in [5.41, 5.74) is 4.95. The summed E-state index contributed by atoms with van der Waals surface area (Å²) in [4.78, 5) is 16.5. The fraction of sp³-hybridized carbons (Fsp3) is 0.0625. The average molecular weight is 357 g/mol. The summed E-state index contributed by atoms with van der Waals surface area (Å²) in [5, 5.41) is 3.99. The van der Waals surface area contributed by atoms with Crippen molar-refractivity contribution >= 4 is 39.1 Å². The quantitative estimate of drug-likeness (QED) is 0.579. The fourth-order valence-electron chi connectivity index (χ4n) is 2.13. The molecule has 22 heavy (non-hydrogen) atoms. The minimum atomic E-state index is -0.275. The lowest BCUT2D eigenvalue weighted by molar-refractivity contribution is 0.0954. The van der Waals surface area contributed by atoms with Crippen molar-refractivity contribution in [3.63, 3.8) is 0 Å². The number of hydrogen-bond acceptors (Lipinski definition) is 3. The number of para-hydroxylation sites is 2. The molecule has 3 aromatic rings. The minimum absolute atomic E-state index is 0.275. The Hall–Kier alpha value is -2.47. The van der Waals surface area contributed by atoms with Gasteiger partial charge in [0.25, 0.3) is 5.91 Å². The van der Waals surface area contributed by atoms with Crippen molar-refractivity contribution < 1.29 is 4.79 Å². The summed E-state index contributed by atoms with van der Waals surface area (Å²) in [6, 6.07) is 15.0. The van der Waals surface area contributed by atoms with Crippen molar-refractivity contribution in [2.24, 2.45) is 12.1 Å². The van der Waals surface area contributed by atoms with Crippen LogP contribution in [-0.2, 0) is 7.05 Å². The second kappa shape index (κ2) is 6.11. The van der Waals surface area contributed by atoms with Crippen LogP contribution in [0.3, 0.4) is 0 Å². The van der Waals surface area contributed by atoms with Crippen LogP contribution in [0.5, 0.6) is 0 Å². The van der Waals surface area contributed by atoms with Gasteiger partial charge in [0.1, 0.15) is 0 Å². The molecule has 0 saturated heterocycles. The van der Waals surface area contributed by atoms with Gasteiger partial charge in [-0.3, -0.25) is 4.79 Å². The zero-order valence-corrected chi connectivity index (χ0v) is 13.4. The lowest BCUT2D eigenvalue weighted by Gasteiger charge is -2.01. The van der Waals surface area contributed by atoms with Crippen molar-refractivity contribution in [2.75, 3.05) is 0 Å². The van der Waals surface area contributed by atoms with E-state index in [0.717, 1.165) is 15.5 Å². The molecule has 0 bridgehead atoms. The van der Waals surface area contributed by atoms with Gasteiger partial charge in [-0.2, -0.15) is 5.10 Å². The Morgan fingerprint density at radius 1 is 1.23 bits per heavy atom. The van der Waals surface area contributed by atoms with Crippen LogP contribution in [-0.4, -0.2) is 21.7 Å². The Morgan fingerprint density at radius 2 is 1.95 bits per heavy atom. The van der Waals surface area contributed by atoms with Gasteiger partial charge in [-0.1, -0.05) is 24.3 Å². The maximum atomic E-state index is 12.0. The predicted molar refractivity (Wildman–Crippen MR) is 89.9 cm³/mol. The number of hydrogen-bond donors (Lipinski definition) is 1. The summed E-state index contributed by atoms with van der Waals surface area (Å²) >= 11 is 3.34. The normalized spacial score (nSPS) is 11.2. The van der Waals surface area contributed by atoms with Gasteiger partial charge in [0.05, 0.1) is 22.8 Å². The molecule has 0 unspecified atom stereocenters. The predicted octanol–water partition coefficient (Wildman–Crippen LogP) is 3.10. The Balaban J connectivity index is 1.78. The van der Waals surface area contributed by atoms with Gasteiger partial charge >= 0.3 is 0 Å². The molecule has 1 aromatic heterocycles. The molecule has 3 rings (SSSR count). The van der Waals surface area contributed by atoms with E-state index in [1.165, 1.54) is 6.21 Å². The van der Waals surface area contributed by atoms with E-state index in [-0.39, 0.29) is 5.91 Å². The van der Waals surface area contributed by atoms with Crippen LogP contribution in [0, 0.1) is 0 Å². The fourth-order valence-corrected chi connectivity index (χ4v) is 2.60. The number of carbonyl (C=O) groups excluding carboxylic acids is 1. The smallest absolute Gasteiger partial charge is 0.272 e. The largest absolute Gasteiger partial charge is 0.326 e. The topological polar surface area (TPSA) is 59.3 Å². The first-order valence-electron chi connectivity index (χ1n) is 6.66. The molecule has 0 saturated carbocycles. The Morgan fingerprint density at radius 3 is 2.73 bits per heavy atom. The third kappa shape index (κ3) is 2.78. The van der Waals surface area contributed by atoms with Crippen molar-refractivity contribution in [3.05, 3.63) is 64.4 Å². The van der Waals surface area contributed by atoms with Gasteiger partial charge in [0.2, 0.25) is 0 Å². The van der Waals surface area contributed by atoms with Gasteiger partial charge < -0.3 is 4.57 Å². The SMILES string of the molecule is Cn1c(/C=N\NC(=O)c2ccccc2Br)nc2ccccc21. The van der Waals surface area contributed by atoms with E-state index in [2.05, 4.69) is 31.4 Å². The van der Waals surface area contributed by atoms with Crippen molar-refractivity contribution in [2.45, 2.75) is 0 Å². The molecule has 2 aromatic carbocycles. The highest BCUT2D eigenvalue weighted by atomic mass is 79.9. The molecule has 110 valence electrons. The van der Waals surface area contributed by atoms with Crippen LogP contribution >= 0.6 is 15.9 Å². The maximum Gasteiger partial charge on any atom is 0.272 e. The van der Waals surface area contributed by atoms with Gasteiger partial charge in [0, 0.05) is 11.5 Å².